The quantitative estimate of drug-likeness (QED) is 0.240. The third-order valence-electron chi connectivity index (χ3n) is 2.84. The molecule has 9 nitrogen and oxygen atoms in total. The number of nitrogens with zero attached hydrogens (tertiary/aromatic N) is 1. The number of carbonyl (C=O) groups excluding carboxylic acids is 1. The lowest BCUT2D eigenvalue weighted by molar-refractivity contribution is -0.492. The van der Waals surface area contributed by atoms with Gasteiger partial charge in [0.15, 0.2) is 0 Å². The van der Waals surface area contributed by atoms with Crippen LogP contribution in [0.2, 0.25) is 0 Å². The largest absolute Gasteiger partial charge is 0.480 e. The maximum Gasteiger partial charge on any atom is 0.326 e. The highest BCUT2D eigenvalue weighted by Crippen LogP contribution is 2.04. The predicted octanol–water partition coefficient (Wildman–Crippen LogP) is 0.257. The number of hydrogen-bond donors (Lipinski definition) is 5. The van der Waals surface area contributed by atoms with Crippen molar-refractivity contribution < 1.29 is 29.9 Å². The number of carbonyl (C=O) groups is 2. The average Bonchev–Trinajstić information content (AvgIpc) is 2.41. The second kappa shape index (κ2) is 12.5. The van der Waals surface area contributed by atoms with Gasteiger partial charge in [-0.3, -0.25) is 20.0 Å². The zero-order valence-corrected chi connectivity index (χ0v) is 12.0. The summed E-state index contributed by atoms with van der Waals surface area (Å²) in [6.07, 6.45) is 3.77. The first-order valence-electron chi connectivity index (χ1n) is 7.00. The molecule has 1 amide bonds. The summed E-state index contributed by atoms with van der Waals surface area (Å²) >= 11 is 0. The molecular formula is C12H25N3O6. The summed E-state index contributed by atoms with van der Waals surface area (Å²) in [6.45, 7) is 0.632. The third kappa shape index (κ3) is 12.2. The van der Waals surface area contributed by atoms with Gasteiger partial charge < -0.3 is 16.2 Å². The van der Waals surface area contributed by atoms with Gasteiger partial charge in [-0.1, -0.05) is 6.42 Å². The smallest absolute Gasteiger partial charge is 0.326 e. The Hall–Kier alpha value is -1.26. The van der Waals surface area contributed by atoms with Gasteiger partial charge in [-0.05, 0) is 38.6 Å². The number of carboxylic acids is 1. The van der Waals surface area contributed by atoms with Crippen molar-refractivity contribution >= 4 is 11.9 Å². The Bertz CT molecular complexity index is 301. The normalized spacial score (nSPS) is 12.4. The van der Waals surface area contributed by atoms with E-state index in [-0.39, 0.29) is 24.3 Å². The number of nitrogens with one attached hydrogen (secondary N) is 1. The first-order valence-corrected chi connectivity index (χ1v) is 7.00. The van der Waals surface area contributed by atoms with Crippen molar-refractivity contribution in [3.8, 4) is 0 Å². The van der Waals surface area contributed by atoms with Gasteiger partial charge >= 0.3 is 5.97 Å². The molecule has 0 rings (SSSR count). The molecule has 0 aliphatic carbocycles. The maximum absolute atomic E-state index is 11.6. The summed E-state index contributed by atoms with van der Waals surface area (Å²) in [5, 5.41) is 27.7. The fourth-order valence-electron chi connectivity index (χ4n) is 1.73. The molecule has 0 saturated carbocycles. The van der Waals surface area contributed by atoms with Crippen LogP contribution >= 0.6 is 0 Å². The molecule has 0 saturated heterocycles. The van der Waals surface area contributed by atoms with Gasteiger partial charge in [0.25, 0.3) is 0 Å². The number of unbranched alkanes of at least 4 members (excludes halogenated alkanes) is 3. The van der Waals surface area contributed by atoms with Crippen LogP contribution in [0.1, 0.15) is 44.9 Å². The summed E-state index contributed by atoms with van der Waals surface area (Å²) < 4.78 is 0. The molecule has 0 aromatic rings. The van der Waals surface area contributed by atoms with E-state index in [1.807, 2.05) is 0 Å². The van der Waals surface area contributed by atoms with E-state index in [9.17, 15) is 9.59 Å². The molecule has 0 spiro atoms. The zero-order valence-electron chi connectivity index (χ0n) is 12.0. The Morgan fingerprint density at radius 3 is 2.43 bits per heavy atom. The molecule has 21 heavy (non-hydrogen) atoms. The molecule has 0 aromatic heterocycles. The summed E-state index contributed by atoms with van der Waals surface area (Å²) in [5.41, 5.74) is 5.34. The molecule has 0 heterocycles. The van der Waals surface area contributed by atoms with Crippen molar-refractivity contribution in [3.63, 3.8) is 0 Å². The number of rotatable bonds is 13. The Morgan fingerprint density at radius 1 is 1.14 bits per heavy atom. The maximum atomic E-state index is 11.6. The second-order valence-electron chi connectivity index (χ2n) is 4.64. The summed E-state index contributed by atoms with van der Waals surface area (Å²) in [4.78, 5) is 27.0. The van der Waals surface area contributed by atoms with Gasteiger partial charge in [0.1, 0.15) is 6.04 Å². The summed E-state index contributed by atoms with van der Waals surface area (Å²) in [6, 6.07) is -0.871. The lowest BCUT2D eigenvalue weighted by atomic mass is 10.1. The van der Waals surface area contributed by atoms with E-state index in [0.29, 0.717) is 38.6 Å². The standard InChI is InChI=1S/C12H25N3O6/c13-8-4-3-6-10(12(17)18)14-11(16)7-2-1-5-9-21-15(19)20/h10,19-20H,1-9,13H2,(H,14,16)(H,17,18). The molecule has 1 unspecified atom stereocenters. The highest BCUT2D eigenvalue weighted by atomic mass is 17.1. The van der Waals surface area contributed by atoms with Crippen molar-refractivity contribution in [1.29, 1.82) is 0 Å². The van der Waals surface area contributed by atoms with E-state index in [1.54, 1.807) is 0 Å². The van der Waals surface area contributed by atoms with Gasteiger partial charge in [0.2, 0.25) is 5.91 Å². The van der Waals surface area contributed by atoms with E-state index in [4.69, 9.17) is 21.3 Å². The number of amides is 1. The van der Waals surface area contributed by atoms with Crippen LogP contribution in [0.3, 0.4) is 0 Å². The van der Waals surface area contributed by atoms with Crippen molar-refractivity contribution in [1.82, 2.24) is 10.7 Å². The molecule has 0 fully saturated rings. The van der Waals surface area contributed by atoms with E-state index in [2.05, 4.69) is 10.2 Å². The highest BCUT2D eigenvalue weighted by molar-refractivity contribution is 5.83. The average molecular weight is 307 g/mol. The van der Waals surface area contributed by atoms with Crippen LogP contribution < -0.4 is 11.1 Å². The topological polar surface area (TPSA) is 145 Å². The first-order chi connectivity index (χ1) is 9.97. The molecule has 6 N–H and O–H groups in total. The van der Waals surface area contributed by atoms with E-state index in [0.717, 1.165) is 6.42 Å². The van der Waals surface area contributed by atoms with Crippen LogP contribution in [0.5, 0.6) is 0 Å². The van der Waals surface area contributed by atoms with Crippen LogP contribution in [0.15, 0.2) is 0 Å². The second-order valence-corrected chi connectivity index (χ2v) is 4.64. The molecule has 0 radical (unpaired) electrons. The van der Waals surface area contributed by atoms with Crippen LogP contribution in [0.25, 0.3) is 0 Å². The van der Waals surface area contributed by atoms with Crippen LogP contribution in [-0.4, -0.2) is 52.0 Å². The number of carboxylic acid groups (broad SMARTS) is 1. The van der Waals surface area contributed by atoms with Crippen LogP contribution in [0.4, 0.5) is 0 Å². The number of aliphatic carboxylic acids is 1. The molecule has 9 heteroatoms. The number of nitrogens with two attached hydrogens (primary N) is 1. The van der Waals surface area contributed by atoms with Crippen LogP contribution in [-0.2, 0) is 14.4 Å². The summed E-state index contributed by atoms with van der Waals surface area (Å²) in [5.74, 6) is -1.35. The van der Waals surface area contributed by atoms with E-state index < -0.39 is 12.0 Å². The fraction of sp³-hybridized carbons (Fsp3) is 0.833. The van der Waals surface area contributed by atoms with Crippen molar-refractivity contribution in [3.05, 3.63) is 0 Å². The van der Waals surface area contributed by atoms with Crippen LogP contribution in [0, 0.1) is 0 Å². The Kier molecular flexibility index (Phi) is 11.7. The van der Waals surface area contributed by atoms with Crippen molar-refractivity contribution in [2.75, 3.05) is 13.2 Å². The van der Waals surface area contributed by atoms with Gasteiger partial charge in [0, 0.05) is 6.42 Å². The lowest BCUT2D eigenvalue weighted by Gasteiger charge is -2.14. The lowest BCUT2D eigenvalue weighted by Crippen LogP contribution is -2.40. The first kappa shape index (κ1) is 19.7. The minimum absolute atomic E-state index is 0.130. The monoisotopic (exact) mass is 307 g/mol. The third-order valence-corrected chi connectivity index (χ3v) is 2.84. The molecule has 0 bridgehead atoms. The molecular weight excluding hydrogens is 282 g/mol. The van der Waals surface area contributed by atoms with Gasteiger partial charge in [-0.2, -0.15) is 0 Å². The molecule has 0 aromatic carbocycles. The Labute approximate surface area is 123 Å². The molecule has 1 atom stereocenters. The zero-order chi connectivity index (χ0) is 16.1. The minimum Gasteiger partial charge on any atom is -0.480 e. The Balaban J connectivity index is 3.75. The highest BCUT2D eigenvalue weighted by Gasteiger charge is 2.18. The van der Waals surface area contributed by atoms with Crippen molar-refractivity contribution in [2.45, 2.75) is 51.0 Å². The minimum atomic E-state index is -1.04. The number of hydrogen-bond acceptors (Lipinski definition) is 7. The summed E-state index contributed by atoms with van der Waals surface area (Å²) in [7, 11) is 0. The Morgan fingerprint density at radius 2 is 1.86 bits per heavy atom. The molecule has 0 aliphatic rings. The van der Waals surface area contributed by atoms with Crippen molar-refractivity contribution in [2.24, 2.45) is 5.73 Å². The van der Waals surface area contributed by atoms with Gasteiger partial charge in [0.05, 0.1) is 12.0 Å². The molecule has 0 aliphatic heterocycles. The predicted molar refractivity (Wildman–Crippen MR) is 72.3 cm³/mol. The fourth-order valence-corrected chi connectivity index (χ4v) is 1.73. The van der Waals surface area contributed by atoms with Gasteiger partial charge in [-0.25, -0.2) is 4.79 Å². The van der Waals surface area contributed by atoms with E-state index >= 15 is 0 Å². The SMILES string of the molecule is NCCCCC(NC(=O)CCCCCON(O)O)C(=O)O. The molecule has 124 valence electrons. The van der Waals surface area contributed by atoms with E-state index in [1.165, 1.54) is 0 Å². The van der Waals surface area contributed by atoms with Gasteiger partial charge in [-0.15, -0.1) is 0 Å².